The van der Waals surface area contributed by atoms with Gasteiger partial charge >= 0.3 is 5.69 Å². The summed E-state index contributed by atoms with van der Waals surface area (Å²) in [5.74, 6) is -0.536. The second-order valence-corrected chi connectivity index (χ2v) is 7.08. The molecular formula is C11H11Cl2N3O4S. The first-order valence-corrected chi connectivity index (χ1v) is 7.80. The molecule has 0 aliphatic heterocycles. The molecule has 0 aliphatic rings. The second kappa shape index (κ2) is 6.58. The number of nitro groups is 1. The maximum Gasteiger partial charge on any atom is 0.307 e. The van der Waals surface area contributed by atoms with Gasteiger partial charge in [0.1, 0.15) is 14.9 Å². The highest BCUT2D eigenvalue weighted by Crippen LogP contribution is 2.37. The predicted octanol–water partition coefficient (Wildman–Crippen LogP) is 2.68. The van der Waals surface area contributed by atoms with Gasteiger partial charge in [0.15, 0.2) is 0 Å². The molecule has 1 aromatic rings. The van der Waals surface area contributed by atoms with E-state index in [1.165, 1.54) is 7.05 Å². The average molecular weight is 352 g/mol. The molecule has 0 aromatic heterocycles. The molecule has 0 spiro atoms. The van der Waals surface area contributed by atoms with Crippen molar-refractivity contribution in [2.75, 3.05) is 13.6 Å². The van der Waals surface area contributed by atoms with Crippen molar-refractivity contribution in [2.24, 2.45) is 5.92 Å². The molecule has 0 aliphatic carbocycles. The topological polar surface area (TPSA) is 104 Å². The summed E-state index contributed by atoms with van der Waals surface area (Å²) in [6.45, 7) is 1.49. The van der Waals surface area contributed by atoms with E-state index in [2.05, 4.69) is 0 Å². The third-order valence-electron chi connectivity index (χ3n) is 2.65. The smallest absolute Gasteiger partial charge is 0.258 e. The minimum absolute atomic E-state index is 0.0639. The molecule has 7 nitrogen and oxygen atoms in total. The van der Waals surface area contributed by atoms with E-state index in [1.807, 2.05) is 6.07 Å². The van der Waals surface area contributed by atoms with Gasteiger partial charge in [0.25, 0.3) is 0 Å². The first-order chi connectivity index (χ1) is 9.62. The SMILES string of the molecule is CC(C#N)CN(C)S(=O)(=O)c1ccc(Cl)c([N+](=O)[O-])c1Cl. The Morgan fingerprint density at radius 3 is 2.52 bits per heavy atom. The maximum atomic E-state index is 12.4. The van der Waals surface area contributed by atoms with Gasteiger partial charge in [0.2, 0.25) is 10.0 Å². The van der Waals surface area contributed by atoms with Crippen LogP contribution in [0.2, 0.25) is 10.0 Å². The number of hydrogen-bond donors (Lipinski definition) is 0. The molecule has 0 N–H and O–H groups in total. The lowest BCUT2D eigenvalue weighted by Crippen LogP contribution is -2.31. The molecule has 0 amide bonds. The number of hydrogen-bond acceptors (Lipinski definition) is 5. The molecule has 0 bridgehead atoms. The number of nitriles is 1. The van der Waals surface area contributed by atoms with Crippen LogP contribution in [0, 0.1) is 27.4 Å². The number of nitro benzene ring substituents is 1. The Morgan fingerprint density at radius 1 is 1.48 bits per heavy atom. The van der Waals surface area contributed by atoms with Gasteiger partial charge in [-0.15, -0.1) is 0 Å². The van der Waals surface area contributed by atoms with Crippen molar-refractivity contribution in [3.63, 3.8) is 0 Å². The summed E-state index contributed by atoms with van der Waals surface area (Å²) in [5.41, 5.74) is -0.666. The molecule has 0 saturated heterocycles. The Hall–Kier alpha value is -1.40. The Labute approximate surface area is 131 Å². The fraction of sp³-hybridized carbons (Fsp3) is 0.364. The van der Waals surface area contributed by atoms with Crippen LogP contribution in [0.3, 0.4) is 0 Å². The third kappa shape index (κ3) is 3.63. The fourth-order valence-corrected chi connectivity index (χ4v) is 3.70. The number of benzene rings is 1. The van der Waals surface area contributed by atoms with Crippen molar-refractivity contribution >= 4 is 38.9 Å². The van der Waals surface area contributed by atoms with E-state index in [0.717, 1.165) is 16.4 Å². The van der Waals surface area contributed by atoms with E-state index >= 15 is 0 Å². The first-order valence-electron chi connectivity index (χ1n) is 5.61. The van der Waals surface area contributed by atoms with Crippen molar-refractivity contribution in [3.8, 4) is 6.07 Å². The van der Waals surface area contributed by atoms with Gasteiger partial charge in [-0.1, -0.05) is 23.2 Å². The summed E-state index contributed by atoms with van der Waals surface area (Å²) in [6.07, 6.45) is 0. The van der Waals surface area contributed by atoms with E-state index in [-0.39, 0.29) is 11.6 Å². The summed E-state index contributed by atoms with van der Waals surface area (Å²) < 4.78 is 25.6. The molecule has 1 aromatic carbocycles. The molecule has 1 atom stereocenters. The van der Waals surface area contributed by atoms with Gasteiger partial charge in [-0.3, -0.25) is 10.1 Å². The Kier molecular flexibility index (Phi) is 5.53. The van der Waals surface area contributed by atoms with Crippen molar-refractivity contribution in [3.05, 3.63) is 32.3 Å². The number of sulfonamides is 1. The Balaban J connectivity index is 3.37. The van der Waals surface area contributed by atoms with Crippen molar-refractivity contribution in [1.82, 2.24) is 4.31 Å². The van der Waals surface area contributed by atoms with Crippen LogP contribution in [0.4, 0.5) is 5.69 Å². The maximum absolute atomic E-state index is 12.4. The number of halogens is 2. The number of nitrogens with zero attached hydrogens (tertiary/aromatic N) is 3. The largest absolute Gasteiger partial charge is 0.307 e. The molecule has 0 fully saturated rings. The van der Waals surface area contributed by atoms with Gasteiger partial charge in [-0.2, -0.15) is 9.57 Å². The molecular weight excluding hydrogens is 341 g/mol. The first kappa shape index (κ1) is 17.7. The lowest BCUT2D eigenvalue weighted by Gasteiger charge is -2.18. The molecule has 0 saturated carbocycles. The minimum atomic E-state index is -4.06. The second-order valence-electron chi connectivity index (χ2n) is 4.28. The van der Waals surface area contributed by atoms with Crippen LogP contribution in [0.25, 0.3) is 0 Å². The zero-order valence-corrected chi connectivity index (χ0v) is 13.4. The average Bonchev–Trinajstić information content (AvgIpc) is 2.37. The van der Waals surface area contributed by atoms with E-state index < -0.39 is 36.5 Å². The van der Waals surface area contributed by atoms with E-state index in [0.29, 0.717) is 0 Å². The van der Waals surface area contributed by atoms with Crippen LogP contribution in [-0.2, 0) is 10.0 Å². The highest BCUT2D eigenvalue weighted by molar-refractivity contribution is 7.89. The van der Waals surface area contributed by atoms with Crippen LogP contribution < -0.4 is 0 Å². The quantitative estimate of drug-likeness (QED) is 0.598. The standard InChI is InChI=1S/C11H11Cl2N3O4S/c1-7(5-14)6-15(2)21(19,20)9-4-3-8(12)11(10(9)13)16(17)18/h3-4,7H,6H2,1-2H3. The zero-order chi connectivity index (χ0) is 16.4. The fourth-order valence-electron chi connectivity index (χ4n) is 1.58. The van der Waals surface area contributed by atoms with Gasteiger partial charge in [-0.05, 0) is 19.1 Å². The molecule has 21 heavy (non-hydrogen) atoms. The van der Waals surface area contributed by atoms with Crippen LogP contribution in [0.5, 0.6) is 0 Å². The minimum Gasteiger partial charge on any atom is -0.258 e. The molecule has 1 rings (SSSR count). The van der Waals surface area contributed by atoms with Gasteiger partial charge < -0.3 is 0 Å². The predicted molar refractivity (Wildman–Crippen MR) is 77.7 cm³/mol. The molecule has 114 valence electrons. The van der Waals surface area contributed by atoms with Crippen LogP contribution in [0.15, 0.2) is 17.0 Å². The van der Waals surface area contributed by atoms with E-state index in [4.69, 9.17) is 28.5 Å². The number of rotatable bonds is 5. The van der Waals surface area contributed by atoms with E-state index in [1.54, 1.807) is 6.92 Å². The normalized spacial score (nSPS) is 13.0. The summed E-state index contributed by atoms with van der Waals surface area (Å²) in [7, 11) is -2.80. The van der Waals surface area contributed by atoms with Crippen LogP contribution in [-0.4, -0.2) is 31.2 Å². The van der Waals surface area contributed by atoms with Gasteiger partial charge in [-0.25, -0.2) is 8.42 Å². The van der Waals surface area contributed by atoms with Crippen LogP contribution >= 0.6 is 23.2 Å². The van der Waals surface area contributed by atoms with Gasteiger partial charge in [0, 0.05) is 13.6 Å². The Bertz CT molecular complexity index is 715. The molecule has 1 unspecified atom stereocenters. The Morgan fingerprint density at radius 2 is 2.05 bits per heavy atom. The summed E-state index contributed by atoms with van der Waals surface area (Å²) in [6, 6.07) is 4.10. The molecule has 0 radical (unpaired) electrons. The lowest BCUT2D eigenvalue weighted by molar-refractivity contribution is -0.384. The lowest BCUT2D eigenvalue weighted by atomic mass is 10.2. The molecule has 10 heteroatoms. The monoisotopic (exact) mass is 351 g/mol. The summed E-state index contributed by atoms with van der Waals surface area (Å²) in [5, 5.41) is 18.8. The highest BCUT2D eigenvalue weighted by Gasteiger charge is 2.30. The van der Waals surface area contributed by atoms with E-state index in [9.17, 15) is 18.5 Å². The highest BCUT2D eigenvalue weighted by atomic mass is 35.5. The zero-order valence-electron chi connectivity index (χ0n) is 11.1. The van der Waals surface area contributed by atoms with Crippen molar-refractivity contribution < 1.29 is 13.3 Å². The summed E-state index contributed by atoms with van der Waals surface area (Å²) >= 11 is 11.5. The van der Waals surface area contributed by atoms with Crippen LogP contribution in [0.1, 0.15) is 6.92 Å². The third-order valence-corrected chi connectivity index (χ3v) is 5.32. The summed E-state index contributed by atoms with van der Waals surface area (Å²) in [4.78, 5) is 9.63. The van der Waals surface area contributed by atoms with Crippen molar-refractivity contribution in [2.45, 2.75) is 11.8 Å². The molecule has 0 heterocycles. The van der Waals surface area contributed by atoms with Crippen molar-refractivity contribution in [1.29, 1.82) is 5.26 Å². The van der Waals surface area contributed by atoms with Gasteiger partial charge in [0.05, 0.1) is 16.9 Å².